The van der Waals surface area contributed by atoms with Crippen molar-refractivity contribution in [2.24, 2.45) is 5.92 Å². The predicted octanol–water partition coefficient (Wildman–Crippen LogP) is 5.87. The molecule has 0 radical (unpaired) electrons. The minimum Gasteiger partial charge on any atom is -0.497 e. The number of allylic oxidation sites excluding steroid dienone is 1. The van der Waals surface area contributed by atoms with Crippen LogP contribution in [0.5, 0.6) is 11.5 Å². The Labute approximate surface area is 211 Å². The molecule has 1 amide bonds. The van der Waals surface area contributed by atoms with Crippen LogP contribution in [0.2, 0.25) is 0 Å². The van der Waals surface area contributed by atoms with Crippen molar-refractivity contribution in [3.63, 3.8) is 0 Å². The number of hydrogen-bond donors (Lipinski definition) is 1. The average Bonchev–Trinajstić information content (AvgIpc) is 3.07. The maximum Gasteiger partial charge on any atom is 0.227 e. The van der Waals surface area contributed by atoms with Gasteiger partial charge in [0, 0.05) is 24.5 Å². The minimum atomic E-state index is -0.518. The fourth-order valence-electron chi connectivity index (χ4n) is 5.27. The van der Waals surface area contributed by atoms with Crippen molar-refractivity contribution in [3.8, 4) is 11.5 Å². The van der Waals surface area contributed by atoms with Gasteiger partial charge in [-0.3, -0.25) is 9.59 Å². The standard InChI is InChI=1S/C30H30N2O4/c1-4-28(34)32-26-8-6-5-7-24(26)31-25-17-21(19-9-13-22(35-2)14-10-19)18-27(33)29(25)30(32)20-11-15-23(36-3)16-12-20/h5-17,21,29-31H,4,18H2,1-3H3. The Morgan fingerprint density at radius 3 is 2.14 bits per heavy atom. The maximum atomic E-state index is 13.9. The third-order valence-electron chi connectivity index (χ3n) is 7.09. The lowest BCUT2D eigenvalue weighted by molar-refractivity contribution is -0.123. The van der Waals surface area contributed by atoms with E-state index in [0.29, 0.717) is 12.8 Å². The summed E-state index contributed by atoms with van der Waals surface area (Å²) in [4.78, 5) is 29.2. The van der Waals surface area contributed by atoms with Crippen molar-refractivity contribution in [2.75, 3.05) is 24.4 Å². The zero-order valence-electron chi connectivity index (χ0n) is 20.7. The average molecular weight is 483 g/mol. The fraction of sp³-hybridized carbons (Fsp3) is 0.267. The minimum absolute atomic E-state index is 0.0311. The highest BCUT2D eigenvalue weighted by Crippen LogP contribution is 2.48. The number of ether oxygens (including phenoxy) is 2. The molecule has 3 unspecified atom stereocenters. The van der Waals surface area contributed by atoms with Crippen molar-refractivity contribution in [1.29, 1.82) is 0 Å². The number of anilines is 2. The summed E-state index contributed by atoms with van der Waals surface area (Å²) in [7, 11) is 3.26. The monoisotopic (exact) mass is 482 g/mol. The lowest BCUT2D eigenvalue weighted by Crippen LogP contribution is -2.42. The Hall–Kier alpha value is -4.06. The number of Topliss-reactive ketones (excluding diaryl/α,β-unsaturated/α-hetero) is 1. The van der Waals surface area contributed by atoms with Crippen LogP contribution >= 0.6 is 0 Å². The van der Waals surface area contributed by atoms with Gasteiger partial charge in [0.15, 0.2) is 0 Å². The molecule has 3 aromatic rings. The Balaban J connectivity index is 1.67. The number of nitrogens with zero attached hydrogens (tertiary/aromatic N) is 1. The van der Waals surface area contributed by atoms with Crippen LogP contribution in [0.25, 0.3) is 0 Å². The maximum absolute atomic E-state index is 13.9. The number of rotatable bonds is 5. The van der Waals surface area contributed by atoms with E-state index in [0.717, 1.165) is 39.7 Å². The molecule has 1 aliphatic carbocycles. The zero-order valence-corrected chi connectivity index (χ0v) is 20.7. The van der Waals surface area contributed by atoms with Crippen molar-refractivity contribution >= 4 is 23.1 Å². The highest BCUT2D eigenvalue weighted by atomic mass is 16.5. The molecule has 6 nitrogen and oxygen atoms in total. The quantitative estimate of drug-likeness (QED) is 0.493. The van der Waals surface area contributed by atoms with E-state index in [1.807, 2.05) is 79.7 Å². The molecule has 1 aliphatic heterocycles. The molecule has 0 bridgehead atoms. The molecular weight excluding hydrogens is 452 g/mol. The Morgan fingerprint density at radius 2 is 1.53 bits per heavy atom. The van der Waals surface area contributed by atoms with Crippen LogP contribution in [0.1, 0.15) is 42.9 Å². The first-order chi connectivity index (χ1) is 17.5. The molecule has 0 saturated carbocycles. The van der Waals surface area contributed by atoms with E-state index in [4.69, 9.17) is 9.47 Å². The number of carbonyl (C=O) groups excluding carboxylic acids is 2. The van der Waals surface area contributed by atoms with Gasteiger partial charge in [0.25, 0.3) is 0 Å². The Kier molecular flexibility index (Phi) is 6.51. The smallest absolute Gasteiger partial charge is 0.227 e. The third-order valence-corrected chi connectivity index (χ3v) is 7.09. The molecule has 184 valence electrons. The highest BCUT2D eigenvalue weighted by molar-refractivity contribution is 6.01. The van der Waals surface area contributed by atoms with Crippen LogP contribution in [-0.4, -0.2) is 25.9 Å². The second-order valence-corrected chi connectivity index (χ2v) is 9.13. The molecule has 36 heavy (non-hydrogen) atoms. The van der Waals surface area contributed by atoms with Crippen LogP contribution in [0.3, 0.4) is 0 Å². The third kappa shape index (κ3) is 4.24. The van der Waals surface area contributed by atoms with Crippen LogP contribution in [-0.2, 0) is 9.59 Å². The summed E-state index contributed by atoms with van der Waals surface area (Å²) in [5.74, 6) is 0.987. The molecule has 1 N–H and O–H groups in total. The van der Waals surface area contributed by atoms with Gasteiger partial charge in [0.05, 0.1) is 37.6 Å². The van der Waals surface area contributed by atoms with E-state index in [2.05, 4.69) is 11.4 Å². The molecule has 1 heterocycles. The lowest BCUT2D eigenvalue weighted by Gasteiger charge is -2.37. The lowest BCUT2D eigenvalue weighted by atomic mass is 9.76. The number of para-hydroxylation sites is 2. The van der Waals surface area contributed by atoms with E-state index < -0.39 is 12.0 Å². The van der Waals surface area contributed by atoms with E-state index >= 15 is 0 Å². The summed E-state index contributed by atoms with van der Waals surface area (Å²) in [6.07, 6.45) is 2.84. The van der Waals surface area contributed by atoms with Gasteiger partial charge >= 0.3 is 0 Å². The topological polar surface area (TPSA) is 67.9 Å². The van der Waals surface area contributed by atoms with Gasteiger partial charge in [-0.05, 0) is 47.5 Å². The summed E-state index contributed by atoms with van der Waals surface area (Å²) >= 11 is 0. The molecule has 0 aromatic heterocycles. The number of nitrogens with one attached hydrogen (secondary N) is 1. The van der Waals surface area contributed by atoms with Gasteiger partial charge in [-0.2, -0.15) is 0 Å². The summed E-state index contributed by atoms with van der Waals surface area (Å²) in [6, 6.07) is 22.8. The van der Waals surface area contributed by atoms with E-state index in [1.54, 1.807) is 19.1 Å². The van der Waals surface area contributed by atoms with Gasteiger partial charge in [-0.25, -0.2) is 0 Å². The molecule has 2 aliphatic rings. The summed E-state index contributed by atoms with van der Waals surface area (Å²) in [6.45, 7) is 1.85. The number of amides is 1. The summed E-state index contributed by atoms with van der Waals surface area (Å²) in [5.41, 5.74) is 4.36. The van der Waals surface area contributed by atoms with Crippen LogP contribution in [0.4, 0.5) is 11.4 Å². The SMILES string of the molecule is CCC(=O)N1c2ccccc2NC2=CC(c3ccc(OC)cc3)CC(=O)C2C1c1ccc(OC)cc1. The second-order valence-electron chi connectivity index (χ2n) is 9.13. The van der Waals surface area contributed by atoms with Gasteiger partial charge in [0.2, 0.25) is 5.91 Å². The number of benzene rings is 3. The molecule has 3 aromatic carbocycles. The molecular formula is C30H30N2O4. The van der Waals surface area contributed by atoms with Crippen molar-refractivity contribution in [3.05, 3.63) is 95.7 Å². The number of carbonyl (C=O) groups is 2. The van der Waals surface area contributed by atoms with E-state index in [-0.39, 0.29) is 17.6 Å². The molecule has 0 fully saturated rings. The Morgan fingerprint density at radius 1 is 0.917 bits per heavy atom. The molecule has 6 heteroatoms. The summed E-state index contributed by atoms with van der Waals surface area (Å²) < 4.78 is 10.7. The van der Waals surface area contributed by atoms with Crippen molar-refractivity contribution < 1.29 is 19.1 Å². The first-order valence-electron chi connectivity index (χ1n) is 12.2. The molecule has 3 atom stereocenters. The highest BCUT2D eigenvalue weighted by Gasteiger charge is 2.44. The number of hydrogen-bond acceptors (Lipinski definition) is 5. The van der Waals surface area contributed by atoms with Crippen LogP contribution in [0, 0.1) is 5.92 Å². The van der Waals surface area contributed by atoms with Gasteiger partial charge in [-0.15, -0.1) is 0 Å². The number of methoxy groups -OCH3 is 2. The summed E-state index contributed by atoms with van der Waals surface area (Å²) in [5, 5.41) is 3.54. The fourth-order valence-corrected chi connectivity index (χ4v) is 5.27. The zero-order chi connectivity index (χ0) is 25.2. The van der Waals surface area contributed by atoms with Gasteiger partial charge in [-0.1, -0.05) is 49.4 Å². The number of ketones is 1. The van der Waals surface area contributed by atoms with Crippen molar-refractivity contribution in [2.45, 2.75) is 31.7 Å². The van der Waals surface area contributed by atoms with E-state index in [9.17, 15) is 9.59 Å². The van der Waals surface area contributed by atoms with Crippen LogP contribution in [0.15, 0.2) is 84.6 Å². The van der Waals surface area contributed by atoms with E-state index in [1.165, 1.54) is 0 Å². The first kappa shape index (κ1) is 23.7. The number of fused-ring (bicyclic) bond motifs is 2. The molecule has 0 saturated heterocycles. The molecule has 5 rings (SSSR count). The van der Waals surface area contributed by atoms with Gasteiger partial charge < -0.3 is 19.7 Å². The first-order valence-corrected chi connectivity index (χ1v) is 12.2. The van der Waals surface area contributed by atoms with Gasteiger partial charge in [0.1, 0.15) is 17.3 Å². The largest absolute Gasteiger partial charge is 0.497 e. The van der Waals surface area contributed by atoms with Crippen LogP contribution < -0.4 is 19.7 Å². The van der Waals surface area contributed by atoms with Crippen molar-refractivity contribution in [1.82, 2.24) is 0 Å². The second kappa shape index (κ2) is 9.90. The predicted molar refractivity (Wildman–Crippen MR) is 141 cm³/mol. The normalized spacial score (nSPS) is 20.9. The Bertz CT molecular complexity index is 1300. The molecule has 0 spiro atoms.